The van der Waals surface area contributed by atoms with E-state index < -0.39 is 10.0 Å². The zero-order chi connectivity index (χ0) is 19.0. The van der Waals surface area contributed by atoms with Crippen molar-refractivity contribution in [3.05, 3.63) is 72.1 Å². The number of halogens is 1. The van der Waals surface area contributed by atoms with Crippen LogP contribution in [-0.2, 0) is 17.1 Å². The third-order valence-corrected chi connectivity index (χ3v) is 5.98. The van der Waals surface area contributed by atoms with Gasteiger partial charge in [0.1, 0.15) is 4.90 Å². The summed E-state index contributed by atoms with van der Waals surface area (Å²) in [6.45, 7) is 0. The Morgan fingerprint density at radius 3 is 2.59 bits per heavy atom. The maximum Gasteiger partial charge on any atom is 0.263 e. The number of hydrogen-bond donors (Lipinski definition) is 1. The molecule has 0 fully saturated rings. The molecule has 4 aromatic rings. The summed E-state index contributed by atoms with van der Waals surface area (Å²) in [4.78, 5) is 4.48. The summed E-state index contributed by atoms with van der Waals surface area (Å²) in [5.41, 5.74) is 3.05. The molecular formula is C19H15ClN4O2S. The molecule has 0 saturated heterocycles. The molecule has 2 aromatic heterocycles. The number of aryl methyl sites for hydroxylation is 1. The first kappa shape index (κ1) is 17.5. The molecule has 0 aliphatic rings. The minimum Gasteiger partial charge on any atom is -0.280 e. The number of hydrogen-bond acceptors (Lipinski definition) is 4. The van der Waals surface area contributed by atoms with Gasteiger partial charge in [0.15, 0.2) is 0 Å². The van der Waals surface area contributed by atoms with E-state index in [0.29, 0.717) is 5.69 Å². The van der Waals surface area contributed by atoms with Gasteiger partial charge in [-0.05, 0) is 36.4 Å². The molecule has 0 atom stereocenters. The van der Waals surface area contributed by atoms with Crippen molar-refractivity contribution in [1.82, 2.24) is 14.8 Å². The first-order valence-corrected chi connectivity index (χ1v) is 9.95. The largest absolute Gasteiger partial charge is 0.280 e. The van der Waals surface area contributed by atoms with Crippen LogP contribution >= 0.6 is 11.6 Å². The molecule has 27 heavy (non-hydrogen) atoms. The standard InChI is InChI=1S/C19H15ClN4O2S/c1-24-12-15(11-22-24)14-8-13-9-16(6-7-18(13)21-10-14)23-27(25,26)19-5-3-2-4-17(19)20/h2-12,23H,1H3. The molecule has 0 spiro atoms. The Bertz CT molecular complexity index is 1250. The topological polar surface area (TPSA) is 76.9 Å². The molecule has 1 N–H and O–H groups in total. The fraction of sp³-hybridized carbons (Fsp3) is 0.0526. The Hall–Kier alpha value is -2.90. The molecular weight excluding hydrogens is 384 g/mol. The van der Waals surface area contributed by atoms with E-state index in [0.717, 1.165) is 22.0 Å². The number of fused-ring (bicyclic) bond motifs is 1. The van der Waals surface area contributed by atoms with Crippen LogP contribution in [0.3, 0.4) is 0 Å². The number of nitrogens with zero attached hydrogens (tertiary/aromatic N) is 3. The second-order valence-corrected chi connectivity index (χ2v) is 8.13. The minimum absolute atomic E-state index is 0.0361. The molecule has 0 bridgehead atoms. The van der Waals surface area contributed by atoms with Gasteiger partial charge in [-0.1, -0.05) is 23.7 Å². The van der Waals surface area contributed by atoms with Gasteiger partial charge in [0.2, 0.25) is 0 Å². The summed E-state index contributed by atoms with van der Waals surface area (Å²) >= 11 is 6.02. The monoisotopic (exact) mass is 398 g/mol. The molecule has 0 aliphatic carbocycles. The third-order valence-electron chi connectivity index (χ3n) is 4.10. The highest BCUT2D eigenvalue weighted by molar-refractivity contribution is 7.92. The minimum atomic E-state index is -3.79. The van der Waals surface area contributed by atoms with Crippen LogP contribution in [0.15, 0.2) is 72.0 Å². The quantitative estimate of drug-likeness (QED) is 0.561. The molecule has 0 radical (unpaired) electrons. The van der Waals surface area contributed by atoms with Crippen molar-refractivity contribution < 1.29 is 8.42 Å². The zero-order valence-corrected chi connectivity index (χ0v) is 15.9. The van der Waals surface area contributed by atoms with Crippen LogP contribution in [0.5, 0.6) is 0 Å². The van der Waals surface area contributed by atoms with E-state index in [-0.39, 0.29) is 9.92 Å². The second kappa shape index (κ2) is 6.68. The third kappa shape index (κ3) is 3.51. The van der Waals surface area contributed by atoms with Crippen LogP contribution in [0, 0.1) is 0 Å². The van der Waals surface area contributed by atoms with Crippen molar-refractivity contribution in [2.75, 3.05) is 4.72 Å². The predicted octanol–water partition coefficient (Wildman–Crippen LogP) is 4.09. The van der Waals surface area contributed by atoms with Crippen LogP contribution in [0.1, 0.15) is 0 Å². The lowest BCUT2D eigenvalue weighted by Crippen LogP contribution is -2.13. The Labute approximate surface area is 161 Å². The van der Waals surface area contributed by atoms with E-state index in [4.69, 9.17) is 11.6 Å². The lowest BCUT2D eigenvalue weighted by molar-refractivity contribution is 0.601. The summed E-state index contributed by atoms with van der Waals surface area (Å²) in [7, 11) is -1.94. The maximum absolute atomic E-state index is 12.6. The average molecular weight is 399 g/mol. The van der Waals surface area contributed by atoms with Crippen molar-refractivity contribution in [3.63, 3.8) is 0 Å². The summed E-state index contributed by atoms with van der Waals surface area (Å²) in [5, 5.41) is 5.15. The number of benzene rings is 2. The fourth-order valence-electron chi connectivity index (χ4n) is 2.80. The van der Waals surface area contributed by atoms with Crippen LogP contribution in [-0.4, -0.2) is 23.2 Å². The first-order chi connectivity index (χ1) is 12.9. The average Bonchev–Trinajstić information content (AvgIpc) is 3.07. The number of anilines is 1. The molecule has 8 heteroatoms. The molecule has 0 amide bonds. The molecule has 0 aliphatic heterocycles. The van der Waals surface area contributed by atoms with E-state index >= 15 is 0 Å². The smallest absolute Gasteiger partial charge is 0.263 e. The van der Waals surface area contributed by atoms with Crippen LogP contribution in [0.25, 0.3) is 22.0 Å². The number of sulfonamides is 1. The lowest BCUT2D eigenvalue weighted by Gasteiger charge is -2.10. The van der Waals surface area contributed by atoms with Crippen molar-refractivity contribution in [2.45, 2.75) is 4.90 Å². The Balaban J connectivity index is 1.71. The zero-order valence-electron chi connectivity index (χ0n) is 14.3. The van der Waals surface area contributed by atoms with Crippen LogP contribution < -0.4 is 4.72 Å². The van der Waals surface area contributed by atoms with Gasteiger partial charge in [-0.15, -0.1) is 0 Å². The van der Waals surface area contributed by atoms with Gasteiger partial charge in [0, 0.05) is 41.6 Å². The second-order valence-electron chi connectivity index (χ2n) is 6.07. The van der Waals surface area contributed by atoms with Gasteiger partial charge in [-0.25, -0.2) is 8.42 Å². The van der Waals surface area contributed by atoms with Crippen LogP contribution in [0.4, 0.5) is 5.69 Å². The van der Waals surface area contributed by atoms with E-state index in [1.165, 1.54) is 6.07 Å². The van der Waals surface area contributed by atoms with E-state index in [1.54, 1.807) is 53.5 Å². The summed E-state index contributed by atoms with van der Waals surface area (Å²) in [5.74, 6) is 0. The summed E-state index contributed by atoms with van der Waals surface area (Å²) < 4.78 is 29.5. The van der Waals surface area contributed by atoms with Crippen molar-refractivity contribution >= 4 is 38.2 Å². The Kier molecular flexibility index (Phi) is 4.33. The lowest BCUT2D eigenvalue weighted by atomic mass is 10.1. The van der Waals surface area contributed by atoms with Crippen LogP contribution in [0.2, 0.25) is 5.02 Å². The SMILES string of the molecule is Cn1cc(-c2cnc3ccc(NS(=O)(=O)c4ccccc4Cl)cc3c2)cn1. The summed E-state index contributed by atoms with van der Waals surface area (Å²) in [6, 6.07) is 13.5. The number of aromatic nitrogens is 3. The predicted molar refractivity (Wildman–Crippen MR) is 106 cm³/mol. The normalized spacial score (nSPS) is 11.6. The molecule has 2 heterocycles. The highest BCUT2D eigenvalue weighted by Gasteiger charge is 2.17. The Morgan fingerprint density at radius 2 is 1.85 bits per heavy atom. The number of rotatable bonds is 4. The van der Waals surface area contributed by atoms with Gasteiger partial charge in [-0.2, -0.15) is 5.10 Å². The van der Waals surface area contributed by atoms with Gasteiger partial charge >= 0.3 is 0 Å². The highest BCUT2D eigenvalue weighted by Crippen LogP contribution is 2.27. The van der Waals surface area contributed by atoms with E-state index in [9.17, 15) is 8.42 Å². The molecule has 2 aromatic carbocycles. The fourth-order valence-corrected chi connectivity index (χ4v) is 4.37. The Morgan fingerprint density at radius 1 is 1.04 bits per heavy atom. The van der Waals surface area contributed by atoms with Gasteiger partial charge in [0.25, 0.3) is 10.0 Å². The van der Waals surface area contributed by atoms with Gasteiger partial charge in [-0.3, -0.25) is 14.4 Å². The molecule has 6 nitrogen and oxygen atoms in total. The molecule has 4 rings (SSSR count). The first-order valence-electron chi connectivity index (χ1n) is 8.08. The van der Waals surface area contributed by atoms with Crippen molar-refractivity contribution in [2.24, 2.45) is 7.05 Å². The van der Waals surface area contributed by atoms with E-state index in [2.05, 4.69) is 14.8 Å². The molecule has 0 unspecified atom stereocenters. The number of pyridine rings is 1. The highest BCUT2D eigenvalue weighted by atomic mass is 35.5. The molecule has 0 saturated carbocycles. The van der Waals surface area contributed by atoms with Gasteiger partial charge < -0.3 is 0 Å². The van der Waals surface area contributed by atoms with E-state index in [1.807, 2.05) is 19.3 Å². The van der Waals surface area contributed by atoms with Crippen molar-refractivity contribution in [3.8, 4) is 11.1 Å². The number of nitrogens with one attached hydrogen (secondary N) is 1. The van der Waals surface area contributed by atoms with Gasteiger partial charge in [0.05, 0.1) is 16.7 Å². The van der Waals surface area contributed by atoms with Crippen molar-refractivity contribution in [1.29, 1.82) is 0 Å². The summed E-state index contributed by atoms with van der Waals surface area (Å²) in [6.07, 6.45) is 5.42. The molecule has 136 valence electrons. The maximum atomic E-state index is 12.6.